The van der Waals surface area contributed by atoms with Crippen LogP contribution in [0.1, 0.15) is 37.4 Å². The number of hydrogen-bond donors (Lipinski definition) is 2. The van der Waals surface area contributed by atoms with Crippen molar-refractivity contribution in [1.82, 2.24) is 9.47 Å². The number of anilines is 2. The second-order valence-electron chi connectivity index (χ2n) is 11.1. The molecule has 4 rings (SSSR count). The molecule has 0 radical (unpaired) electrons. The molecule has 2 unspecified atom stereocenters. The predicted molar refractivity (Wildman–Crippen MR) is 164 cm³/mol. The fourth-order valence-electron chi connectivity index (χ4n) is 5.50. The standard InChI is InChI=1S/C33H43F3N4O2/c1-4-17-41-19-20-42-18-14-26-23-39(3)16-13-30(26)38-31-11-6-12-32-29(31)22-28(40(32)24-33(34,35)36)10-7-15-37-27-9-5-8-25(2)21-27/h5-6,8-9,11-12,21-22,26,30,37-38H,4,13-20,23-24H2,1-3H3. The Labute approximate surface area is 247 Å². The predicted octanol–water partition coefficient (Wildman–Crippen LogP) is 6.54. The van der Waals surface area contributed by atoms with Crippen LogP contribution in [-0.2, 0) is 16.0 Å². The summed E-state index contributed by atoms with van der Waals surface area (Å²) in [6.07, 6.45) is -1.54. The van der Waals surface area contributed by atoms with Crippen LogP contribution >= 0.6 is 0 Å². The van der Waals surface area contributed by atoms with Crippen LogP contribution in [0.25, 0.3) is 10.9 Å². The second kappa shape index (κ2) is 15.3. The number of alkyl halides is 3. The third-order valence-corrected chi connectivity index (χ3v) is 7.53. The summed E-state index contributed by atoms with van der Waals surface area (Å²) < 4.78 is 53.6. The van der Waals surface area contributed by atoms with Crippen LogP contribution in [-0.4, -0.2) is 74.8 Å². The highest BCUT2D eigenvalue weighted by Crippen LogP contribution is 2.32. The third-order valence-electron chi connectivity index (χ3n) is 7.53. The van der Waals surface area contributed by atoms with Crippen LogP contribution in [0.2, 0.25) is 0 Å². The average molecular weight is 585 g/mol. The van der Waals surface area contributed by atoms with Crippen molar-refractivity contribution in [1.29, 1.82) is 0 Å². The number of likely N-dealkylation sites (tertiary alicyclic amines) is 1. The van der Waals surface area contributed by atoms with E-state index in [2.05, 4.69) is 41.3 Å². The molecule has 228 valence electrons. The summed E-state index contributed by atoms with van der Waals surface area (Å²) in [5.74, 6) is 6.36. The molecule has 0 saturated carbocycles. The average Bonchev–Trinajstić information content (AvgIpc) is 3.28. The smallest absolute Gasteiger partial charge is 0.381 e. The molecule has 2 heterocycles. The van der Waals surface area contributed by atoms with Gasteiger partial charge in [0.1, 0.15) is 6.54 Å². The summed E-state index contributed by atoms with van der Waals surface area (Å²) in [7, 11) is 2.12. The quantitative estimate of drug-likeness (QED) is 0.177. The SMILES string of the molecule is CCCOCCOCCC1CN(C)CCC1Nc1cccc2c1cc(C#CCNc1cccc(C)c1)n2CC(F)(F)F. The van der Waals surface area contributed by atoms with Crippen molar-refractivity contribution in [2.75, 3.05) is 63.7 Å². The minimum absolute atomic E-state index is 0.186. The zero-order valence-electron chi connectivity index (χ0n) is 24.9. The molecule has 2 N–H and O–H groups in total. The van der Waals surface area contributed by atoms with Crippen molar-refractivity contribution in [2.45, 2.75) is 51.9 Å². The molecule has 0 amide bonds. The largest absolute Gasteiger partial charge is 0.406 e. The van der Waals surface area contributed by atoms with Gasteiger partial charge in [0.25, 0.3) is 0 Å². The Morgan fingerprint density at radius 2 is 1.81 bits per heavy atom. The van der Waals surface area contributed by atoms with E-state index in [0.29, 0.717) is 43.5 Å². The highest BCUT2D eigenvalue weighted by atomic mass is 19.4. The van der Waals surface area contributed by atoms with Crippen LogP contribution in [0.5, 0.6) is 0 Å². The number of fused-ring (bicyclic) bond motifs is 1. The van der Waals surface area contributed by atoms with Crippen LogP contribution in [0.15, 0.2) is 48.5 Å². The Morgan fingerprint density at radius 3 is 2.57 bits per heavy atom. The van der Waals surface area contributed by atoms with E-state index in [1.165, 1.54) is 4.57 Å². The highest BCUT2D eigenvalue weighted by Gasteiger charge is 2.31. The van der Waals surface area contributed by atoms with Crippen molar-refractivity contribution >= 4 is 22.3 Å². The van der Waals surface area contributed by atoms with Gasteiger partial charge in [-0.1, -0.05) is 31.0 Å². The number of halogens is 3. The molecule has 2 atom stereocenters. The molecular formula is C33H43F3N4O2. The molecule has 3 aromatic rings. The molecule has 0 bridgehead atoms. The molecule has 1 aromatic heterocycles. The van der Waals surface area contributed by atoms with Gasteiger partial charge in [-0.2, -0.15) is 13.2 Å². The Bertz CT molecular complexity index is 1340. The summed E-state index contributed by atoms with van der Waals surface area (Å²) in [6.45, 7) is 7.78. The van der Waals surface area contributed by atoms with Crippen LogP contribution < -0.4 is 10.6 Å². The molecule has 1 aliphatic rings. The number of aryl methyl sites for hydroxylation is 1. The van der Waals surface area contributed by atoms with E-state index in [9.17, 15) is 13.2 Å². The number of aromatic nitrogens is 1. The number of piperidine rings is 1. The van der Waals surface area contributed by atoms with E-state index in [1.54, 1.807) is 12.1 Å². The molecule has 0 spiro atoms. The van der Waals surface area contributed by atoms with Gasteiger partial charge in [0, 0.05) is 42.6 Å². The normalized spacial score (nSPS) is 17.7. The van der Waals surface area contributed by atoms with Gasteiger partial charge in [-0.15, -0.1) is 0 Å². The minimum atomic E-state index is -4.37. The summed E-state index contributed by atoms with van der Waals surface area (Å²) in [6, 6.07) is 15.4. The maximum Gasteiger partial charge on any atom is 0.406 e. The second-order valence-corrected chi connectivity index (χ2v) is 11.1. The van der Waals surface area contributed by atoms with Gasteiger partial charge >= 0.3 is 6.18 Å². The van der Waals surface area contributed by atoms with Crippen molar-refractivity contribution in [3.63, 3.8) is 0 Å². The molecule has 42 heavy (non-hydrogen) atoms. The molecule has 6 nitrogen and oxygen atoms in total. The summed E-state index contributed by atoms with van der Waals surface area (Å²) in [5.41, 5.74) is 3.75. The number of ether oxygens (including phenoxy) is 2. The lowest BCUT2D eigenvalue weighted by Gasteiger charge is -2.38. The van der Waals surface area contributed by atoms with E-state index in [-0.39, 0.29) is 6.04 Å². The molecule has 1 saturated heterocycles. The number of benzene rings is 2. The van der Waals surface area contributed by atoms with Gasteiger partial charge in [0.15, 0.2) is 0 Å². The Hall–Kier alpha value is -3.19. The van der Waals surface area contributed by atoms with E-state index < -0.39 is 12.7 Å². The maximum atomic E-state index is 13.6. The number of nitrogens with one attached hydrogen (secondary N) is 2. The van der Waals surface area contributed by atoms with Gasteiger partial charge < -0.3 is 29.6 Å². The molecule has 2 aromatic carbocycles. The monoisotopic (exact) mass is 584 g/mol. The van der Waals surface area contributed by atoms with Gasteiger partial charge in [0.05, 0.1) is 31.0 Å². The van der Waals surface area contributed by atoms with Gasteiger partial charge in [-0.3, -0.25) is 0 Å². The van der Waals surface area contributed by atoms with E-state index in [1.807, 2.05) is 43.3 Å². The number of hydrogen-bond acceptors (Lipinski definition) is 5. The Kier molecular flexibility index (Phi) is 11.6. The number of nitrogens with zero attached hydrogens (tertiary/aromatic N) is 2. The van der Waals surface area contributed by atoms with Crippen molar-refractivity contribution in [2.24, 2.45) is 5.92 Å². The van der Waals surface area contributed by atoms with Gasteiger partial charge in [-0.25, -0.2) is 0 Å². The maximum absolute atomic E-state index is 13.6. The summed E-state index contributed by atoms with van der Waals surface area (Å²) >= 11 is 0. The van der Waals surface area contributed by atoms with Crippen molar-refractivity contribution in [3.8, 4) is 11.8 Å². The molecule has 9 heteroatoms. The first kappa shape index (κ1) is 31.7. The van der Waals surface area contributed by atoms with Gasteiger partial charge in [-0.05, 0) is 87.5 Å². The van der Waals surface area contributed by atoms with Crippen molar-refractivity contribution < 1.29 is 22.6 Å². The fourth-order valence-corrected chi connectivity index (χ4v) is 5.50. The lowest BCUT2D eigenvalue weighted by atomic mass is 9.89. The zero-order valence-corrected chi connectivity index (χ0v) is 24.9. The molecule has 1 aliphatic heterocycles. The topological polar surface area (TPSA) is 50.7 Å². The minimum Gasteiger partial charge on any atom is -0.381 e. The van der Waals surface area contributed by atoms with Crippen LogP contribution in [0, 0.1) is 24.7 Å². The van der Waals surface area contributed by atoms with E-state index >= 15 is 0 Å². The van der Waals surface area contributed by atoms with Crippen LogP contribution in [0.4, 0.5) is 24.5 Å². The first-order valence-corrected chi connectivity index (χ1v) is 14.8. The molecule has 0 aliphatic carbocycles. The summed E-state index contributed by atoms with van der Waals surface area (Å²) in [5, 5.41) is 7.67. The van der Waals surface area contributed by atoms with Crippen LogP contribution in [0.3, 0.4) is 0 Å². The van der Waals surface area contributed by atoms with E-state index in [4.69, 9.17) is 9.47 Å². The highest BCUT2D eigenvalue weighted by molar-refractivity contribution is 5.94. The lowest BCUT2D eigenvalue weighted by molar-refractivity contribution is -0.140. The van der Waals surface area contributed by atoms with E-state index in [0.717, 1.165) is 61.3 Å². The van der Waals surface area contributed by atoms with Gasteiger partial charge in [0.2, 0.25) is 0 Å². The Morgan fingerprint density at radius 1 is 1.02 bits per heavy atom. The zero-order chi connectivity index (χ0) is 30.0. The Balaban J connectivity index is 1.50. The lowest BCUT2D eigenvalue weighted by Crippen LogP contribution is -2.45. The summed E-state index contributed by atoms with van der Waals surface area (Å²) in [4.78, 5) is 2.33. The third kappa shape index (κ3) is 9.41. The number of rotatable bonds is 13. The molecule has 1 fully saturated rings. The first-order valence-electron chi connectivity index (χ1n) is 14.8. The first-order chi connectivity index (χ1) is 20.2. The molecular weight excluding hydrogens is 541 g/mol. The van der Waals surface area contributed by atoms with Crippen molar-refractivity contribution in [3.05, 3.63) is 59.8 Å². The fraction of sp³-hybridized carbons (Fsp3) is 0.515.